The average Bonchev–Trinajstić information content (AvgIpc) is 2.59. The van der Waals surface area contributed by atoms with Crippen molar-refractivity contribution in [1.82, 2.24) is 4.90 Å². The molecule has 0 aromatic heterocycles. The predicted molar refractivity (Wildman–Crippen MR) is 73.0 cm³/mol. The van der Waals surface area contributed by atoms with E-state index in [4.69, 9.17) is 5.73 Å². The van der Waals surface area contributed by atoms with Gasteiger partial charge in [0, 0.05) is 13.1 Å². The van der Waals surface area contributed by atoms with E-state index in [0.717, 1.165) is 19.6 Å². The molecule has 0 aliphatic carbocycles. The summed E-state index contributed by atoms with van der Waals surface area (Å²) in [4.78, 5) is 2.53. The van der Waals surface area contributed by atoms with E-state index in [0.29, 0.717) is 5.41 Å². The number of hydrogen-bond donors (Lipinski definition) is 1. The summed E-state index contributed by atoms with van der Waals surface area (Å²) in [5.74, 6) is 0. The average molecular weight is 232 g/mol. The van der Waals surface area contributed by atoms with Gasteiger partial charge in [-0.1, -0.05) is 36.2 Å². The predicted octanol–water partition coefficient (Wildman–Crippen LogP) is 2.47. The fourth-order valence-electron chi connectivity index (χ4n) is 2.85. The monoisotopic (exact) mass is 232 g/mol. The maximum absolute atomic E-state index is 5.85. The molecular formula is C15H24N2. The number of benzene rings is 1. The Hall–Kier alpha value is -0.860. The summed E-state index contributed by atoms with van der Waals surface area (Å²) in [6, 6.07) is 6.83. The number of rotatable bonds is 3. The fourth-order valence-corrected chi connectivity index (χ4v) is 2.85. The van der Waals surface area contributed by atoms with E-state index in [2.05, 4.69) is 43.9 Å². The number of aryl methyl sites for hydroxylation is 2. The molecule has 1 saturated heterocycles. The lowest BCUT2D eigenvalue weighted by molar-refractivity contribution is 0.274. The molecule has 0 radical (unpaired) electrons. The van der Waals surface area contributed by atoms with Gasteiger partial charge >= 0.3 is 0 Å². The van der Waals surface area contributed by atoms with Crippen LogP contribution in [0.25, 0.3) is 0 Å². The van der Waals surface area contributed by atoms with Crippen molar-refractivity contribution in [3.05, 3.63) is 34.9 Å². The van der Waals surface area contributed by atoms with Crippen LogP contribution in [-0.2, 0) is 6.54 Å². The van der Waals surface area contributed by atoms with Crippen molar-refractivity contribution in [2.24, 2.45) is 11.1 Å². The van der Waals surface area contributed by atoms with Gasteiger partial charge in [-0.25, -0.2) is 0 Å². The highest BCUT2D eigenvalue weighted by molar-refractivity contribution is 5.28. The Labute approximate surface area is 105 Å². The van der Waals surface area contributed by atoms with Gasteiger partial charge in [0.2, 0.25) is 0 Å². The number of nitrogens with two attached hydrogens (primary N) is 1. The highest BCUT2D eigenvalue weighted by Crippen LogP contribution is 2.29. The molecule has 17 heavy (non-hydrogen) atoms. The van der Waals surface area contributed by atoms with Crippen LogP contribution in [0.4, 0.5) is 0 Å². The highest BCUT2D eigenvalue weighted by Gasteiger charge is 2.32. The van der Waals surface area contributed by atoms with Gasteiger partial charge in [-0.3, -0.25) is 4.90 Å². The quantitative estimate of drug-likeness (QED) is 0.867. The summed E-state index contributed by atoms with van der Waals surface area (Å²) in [5.41, 5.74) is 10.3. The first-order valence-corrected chi connectivity index (χ1v) is 6.50. The molecule has 1 aliphatic heterocycles. The maximum Gasteiger partial charge on any atom is 0.0234 e. The largest absolute Gasteiger partial charge is 0.330 e. The van der Waals surface area contributed by atoms with Crippen LogP contribution in [0.15, 0.2) is 18.2 Å². The Morgan fingerprint density at radius 2 is 1.88 bits per heavy atom. The zero-order valence-corrected chi connectivity index (χ0v) is 11.3. The van der Waals surface area contributed by atoms with Crippen LogP contribution in [0.2, 0.25) is 0 Å². The minimum Gasteiger partial charge on any atom is -0.330 e. The first kappa shape index (κ1) is 12.6. The van der Waals surface area contributed by atoms with Gasteiger partial charge in [-0.2, -0.15) is 0 Å². The van der Waals surface area contributed by atoms with E-state index >= 15 is 0 Å². The first-order chi connectivity index (χ1) is 8.00. The van der Waals surface area contributed by atoms with Crippen molar-refractivity contribution in [3.63, 3.8) is 0 Å². The lowest BCUT2D eigenvalue weighted by Crippen LogP contribution is -2.31. The standard InChI is InChI=1S/C15H24N2/c1-12-6-13(2)8-14(7-12)9-17-5-4-15(3,10-16)11-17/h6-8H,4-5,9-11,16H2,1-3H3. The van der Waals surface area contributed by atoms with Gasteiger partial charge in [0.15, 0.2) is 0 Å². The second kappa shape index (κ2) is 4.79. The number of hydrogen-bond acceptors (Lipinski definition) is 2. The second-order valence-corrected chi connectivity index (χ2v) is 5.97. The lowest BCUT2D eigenvalue weighted by Gasteiger charge is -2.22. The molecule has 1 aromatic rings. The molecule has 1 aliphatic rings. The van der Waals surface area contributed by atoms with E-state index in [1.807, 2.05) is 0 Å². The minimum atomic E-state index is 0.332. The van der Waals surface area contributed by atoms with Crippen LogP contribution in [-0.4, -0.2) is 24.5 Å². The Bertz CT molecular complexity index is 380. The minimum absolute atomic E-state index is 0.332. The van der Waals surface area contributed by atoms with Gasteiger partial charge in [-0.05, 0) is 44.3 Å². The Kier molecular flexibility index (Phi) is 3.55. The number of nitrogens with zero attached hydrogens (tertiary/aromatic N) is 1. The normalized spacial score (nSPS) is 25.4. The van der Waals surface area contributed by atoms with Gasteiger partial charge < -0.3 is 5.73 Å². The third-order valence-corrected chi connectivity index (χ3v) is 3.82. The topological polar surface area (TPSA) is 29.3 Å². The van der Waals surface area contributed by atoms with Crippen molar-refractivity contribution < 1.29 is 0 Å². The van der Waals surface area contributed by atoms with E-state index in [1.54, 1.807) is 0 Å². The molecule has 0 amide bonds. The highest BCUT2D eigenvalue weighted by atomic mass is 15.2. The van der Waals surface area contributed by atoms with Gasteiger partial charge in [0.05, 0.1) is 0 Å². The summed E-state index contributed by atoms with van der Waals surface area (Å²) in [7, 11) is 0. The number of likely N-dealkylation sites (tertiary alicyclic amines) is 1. The third-order valence-electron chi connectivity index (χ3n) is 3.82. The molecule has 0 saturated carbocycles. The molecule has 0 spiro atoms. The first-order valence-electron chi connectivity index (χ1n) is 6.50. The molecular weight excluding hydrogens is 208 g/mol. The van der Waals surface area contributed by atoms with Crippen LogP contribution in [0.1, 0.15) is 30.0 Å². The van der Waals surface area contributed by atoms with Crippen LogP contribution in [0.3, 0.4) is 0 Å². The van der Waals surface area contributed by atoms with Crippen molar-refractivity contribution in [3.8, 4) is 0 Å². The summed E-state index contributed by atoms with van der Waals surface area (Å²) in [6.45, 7) is 10.8. The SMILES string of the molecule is Cc1cc(C)cc(CN2CCC(C)(CN)C2)c1. The van der Waals surface area contributed by atoms with Crippen LogP contribution in [0, 0.1) is 19.3 Å². The van der Waals surface area contributed by atoms with Gasteiger partial charge in [0.1, 0.15) is 0 Å². The lowest BCUT2D eigenvalue weighted by atomic mass is 9.90. The van der Waals surface area contributed by atoms with E-state index < -0.39 is 0 Å². The molecule has 1 aromatic carbocycles. The summed E-state index contributed by atoms with van der Waals surface area (Å²) >= 11 is 0. The molecule has 1 fully saturated rings. The van der Waals surface area contributed by atoms with E-state index in [9.17, 15) is 0 Å². The molecule has 94 valence electrons. The third kappa shape index (κ3) is 3.08. The zero-order chi connectivity index (χ0) is 12.5. The molecule has 2 N–H and O–H groups in total. The smallest absolute Gasteiger partial charge is 0.0234 e. The van der Waals surface area contributed by atoms with Crippen molar-refractivity contribution in [1.29, 1.82) is 0 Å². The summed E-state index contributed by atoms with van der Waals surface area (Å²) in [6.07, 6.45) is 1.23. The van der Waals surface area contributed by atoms with Crippen molar-refractivity contribution in [2.45, 2.75) is 33.7 Å². The van der Waals surface area contributed by atoms with Gasteiger partial charge in [0.25, 0.3) is 0 Å². The van der Waals surface area contributed by atoms with E-state index in [1.165, 1.54) is 29.7 Å². The molecule has 2 nitrogen and oxygen atoms in total. The zero-order valence-electron chi connectivity index (χ0n) is 11.3. The second-order valence-electron chi connectivity index (χ2n) is 5.97. The van der Waals surface area contributed by atoms with Crippen LogP contribution < -0.4 is 5.73 Å². The summed E-state index contributed by atoms with van der Waals surface area (Å²) < 4.78 is 0. The molecule has 2 heteroatoms. The molecule has 1 atom stereocenters. The molecule has 1 heterocycles. The Morgan fingerprint density at radius 1 is 1.24 bits per heavy atom. The Morgan fingerprint density at radius 3 is 2.41 bits per heavy atom. The maximum atomic E-state index is 5.85. The molecule has 1 unspecified atom stereocenters. The van der Waals surface area contributed by atoms with Crippen LogP contribution in [0.5, 0.6) is 0 Å². The van der Waals surface area contributed by atoms with Gasteiger partial charge in [-0.15, -0.1) is 0 Å². The van der Waals surface area contributed by atoms with Crippen molar-refractivity contribution in [2.75, 3.05) is 19.6 Å². The fraction of sp³-hybridized carbons (Fsp3) is 0.600. The van der Waals surface area contributed by atoms with Crippen molar-refractivity contribution >= 4 is 0 Å². The Balaban J connectivity index is 2.02. The molecule has 0 bridgehead atoms. The molecule has 2 rings (SSSR count). The van der Waals surface area contributed by atoms with Crippen LogP contribution >= 0.6 is 0 Å². The summed E-state index contributed by atoms with van der Waals surface area (Å²) in [5, 5.41) is 0. The van der Waals surface area contributed by atoms with E-state index in [-0.39, 0.29) is 0 Å².